The lowest BCUT2D eigenvalue weighted by Crippen LogP contribution is -2.01. The van der Waals surface area contributed by atoms with Gasteiger partial charge in [-0.1, -0.05) is 44.2 Å². The van der Waals surface area contributed by atoms with Crippen LogP contribution in [0, 0.1) is 0 Å². The minimum Gasteiger partial charge on any atom is -0.494 e. The third-order valence-corrected chi connectivity index (χ3v) is 6.03. The number of carbonyl (C=O) groups is 1. The van der Waals surface area contributed by atoms with Crippen LogP contribution in [0.1, 0.15) is 32.3 Å². The van der Waals surface area contributed by atoms with E-state index in [0.717, 1.165) is 29.0 Å². The van der Waals surface area contributed by atoms with Crippen molar-refractivity contribution >= 4 is 43.4 Å². The first-order valence-corrected chi connectivity index (χ1v) is 11.8. The minimum absolute atomic E-state index is 0.0369. The summed E-state index contributed by atoms with van der Waals surface area (Å²) in [6.45, 7) is 5.16. The van der Waals surface area contributed by atoms with E-state index in [1.807, 2.05) is 37.4 Å². The molecule has 0 aliphatic carbocycles. The number of benzene rings is 3. The number of nitrogens with zero attached hydrogens (tertiary/aromatic N) is 1. The second-order valence-corrected chi connectivity index (χ2v) is 8.72. The van der Waals surface area contributed by atoms with Crippen molar-refractivity contribution in [2.75, 3.05) is 13.2 Å². The van der Waals surface area contributed by atoms with E-state index >= 15 is 0 Å². The van der Waals surface area contributed by atoms with Crippen molar-refractivity contribution in [3.05, 3.63) is 58.7 Å². The highest BCUT2D eigenvalue weighted by Crippen LogP contribution is 2.48. The van der Waals surface area contributed by atoms with Gasteiger partial charge in [0.25, 0.3) is 0 Å². The average Bonchev–Trinajstić information content (AvgIpc) is 3.12. The molecule has 0 fully saturated rings. The number of hydrogen-bond donors (Lipinski definition) is 2. The molecule has 0 bridgehead atoms. The average molecular weight is 512 g/mol. The molecule has 0 atom stereocenters. The normalized spacial score (nSPS) is 11.2. The van der Waals surface area contributed by atoms with Crippen LogP contribution in [0.5, 0.6) is 17.4 Å². The molecule has 7 heteroatoms. The summed E-state index contributed by atoms with van der Waals surface area (Å²) in [5, 5.41) is 23.6. The van der Waals surface area contributed by atoms with Crippen LogP contribution in [0.15, 0.2) is 53.1 Å². The molecule has 0 spiro atoms. The molecule has 2 N–H and O–H groups in total. The summed E-state index contributed by atoms with van der Waals surface area (Å²) >= 11 is 3.54. The lowest BCUT2D eigenvalue weighted by molar-refractivity contribution is -0.136. The van der Waals surface area contributed by atoms with Gasteiger partial charge in [-0.2, -0.15) is 0 Å². The third kappa shape index (κ3) is 4.37. The Hall–Kier alpha value is -3.19. The van der Waals surface area contributed by atoms with Crippen molar-refractivity contribution in [3.63, 3.8) is 0 Å². The number of rotatable bonds is 9. The summed E-state index contributed by atoms with van der Waals surface area (Å²) in [5.41, 5.74) is 1.35. The van der Waals surface area contributed by atoms with E-state index in [-0.39, 0.29) is 12.3 Å². The summed E-state index contributed by atoms with van der Waals surface area (Å²) in [7, 11) is 0. The number of aromatic hydroxyl groups is 1. The predicted molar refractivity (Wildman–Crippen MR) is 133 cm³/mol. The van der Waals surface area contributed by atoms with Crippen molar-refractivity contribution in [3.8, 4) is 23.1 Å². The second-order valence-electron chi connectivity index (χ2n) is 7.87. The van der Waals surface area contributed by atoms with Crippen LogP contribution in [0.3, 0.4) is 0 Å². The van der Waals surface area contributed by atoms with E-state index in [1.54, 1.807) is 22.8 Å². The Morgan fingerprint density at radius 3 is 2.21 bits per heavy atom. The van der Waals surface area contributed by atoms with Gasteiger partial charge in [-0.3, -0.25) is 9.36 Å². The Kier molecular flexibility index (Phi) is 6.79. The summed E-state index contributed by atoms with van der Waals surface area (Å²) in [4.78, 5) is 11.1. The molecule has 172 valence electrons. The maximum atomic E-state index is 11.4. The molecule has 0 radical (unpaired) electrons. The van der Waals surface area contributed by atoms with E-state index < -0.39 is 5.97 Å². The second kappa shape index (κ2) is 9.75. The van der Waals surface area contributed by atoms with E-state index in [9.17, 15) is 9.90 Å². The molecule has 0 saturated carbocycles. The van der Waals surface area contributed by atoms with E-state index in [4.69, 9.17) is 14.6 Å². The Bertz CT molecular complexity index is 1330. The van der Waals surface area contributed by atoms with Gasteiger partial charge in [-0.05, 0) is 46.5 Å². The summed E-state index contributed by atoms with van der Waals surface area (Å²) < 4.78 is 14.7. The van der Waals surface area contributed by atoms with Gasteiger partial charge in [-0.25, -0.2) is 0 Å². The van der Waals surface area contributed by atoms with Gasteiger partial charge in [0.05, 0.1) is 36.1 Å². The van der Waals surface area contributed by atoms with Crippen molar-refractivity contribution < 1.29 is 24.5 Å². The van der Waals surface area contributed by atoms with Crippen LogP contribution in [0.25, 0.3) is 27.2 Å². The van der Waals surface area contributed by atoms with Gasteiger partial charge in [0.15, 0.2) is 0 Å². The van der Waals surface area contributed by atoms with Gasteiger partial charge in [0, 0.05) is 21.4 Å². The molecule has 3 aromatic carbocycles. The lowest BCUT2D eigenvalue weighted by Gasteiger charge is -2.15. The molecule has 0 aliphatic rings. The van der Waals surface area contributed by atoms with E-state index in [0.29, 0.717) is 45.8 Å². The molecular formula is C26H26BrNO5. The molecule has 4 aromatic rings. The highest BCUT2D eigenvalue weighted by molar-refractivity contribution is 9.10. The quantitative estimate of drug-likeness (QED) is 0.269. The molecule has 1 heterocycles. The van der Waals surface area contributed by atoms with Crippen LogP contribution >= 0.6 is 15.9 Å². The van der Waals surface area contributed by atoms with Crippen LogP contribution in [0.2, 0.25) is 0 Å². The fourth-order valence-electron chi connectivity index (χ4n) is 3.98. The molecule has 6 nitrogen and oxygen atoms in total. The van der Waals surface area contributed by atoms with Gasteiger partial charge in [0.1, 0.15) is 11.5 Å². The van der Waals surface area contributed by atoms with Crippen molar-refractivity contribution in [1.29, 1.82) is 0 Å². The smallest absolute Gasteiger partial charge is 0.307 e. The maximum Gasteiger partial charge on any atom is 0.307 e. The summed E-state index contributed by atoms with van der Waals surface area (Å²) in [6.07, 6.45) is 3.46. The third-order valence-electron chi connectivity index (χ3n) is 5.40. The summed E-state index contributed by atoms with van der Waals surface area (Å²) in [5.74, 6) is 0.473. The molecule has 0 amide bonds. The number of carboxylic acids is 1. The van der Waals surface area contributed by atoms with Gasteiger partial charge < -0.3 is 19.7 Å². The topological polar surface area (TPSA) is 80.9 Å². The van der Waals surface area contributed by atoms with E-state index in [2.05, 4.69) is 22.9 Å². The van der Waals surface area contributed by atoms with Gasteiger partial charge in [0.2, 0.25) is 5.88 Å². The van der Waals surface area contributed by atoms with E-state index in [1.165, 1.54) is 0 Å². The first kappa shape index (κ1) is 23.0. The fraction of sp³-hybridized carbons (Fsp3) is 0.269. The van der Waals surface area contributed by atoms with Crippen LogP contribution in [0.4, 0.5) is 0 Å². The monoisotopic (exact) mass is 511 g/mol. The van der Waals surface area contributed by atoms with Crippen LogP contribution in [-0.4, -0.2) is 34.0 Å². The zero-order valence-corrected chi connectivity index (χ0v) is 20.2. The zero-order chi connectivity index (χ0) is 23.5. The number of carboxylic acid groups (broad SMARTS) is 1. The number of halogens is 1. The molecule has 0 saturated heterocycles. The Labute approximate surface area is 200 Å². The number of aliphatic carboxylic acids is 1. The molecule has 0 aliphatic heterocycles. The molecule has 0 unspecified atom stereocenters. The van der Waals surface area contributed by atoms with Crippen molar-refractivity contribution in [2.24, 2.45) is 0 Å². The van der Waals surface area contributed by atoms with Crippen molar-refractivity contribution in [1.82, 2.24) is 4.57 Å². The van der Waals surface area contributed by atoms with Crippen LogP contribution < -0.4 is 9.47 Å². The fourth-order valence-corrected chi connectivity index (χ4v) is 4.60. The molecular weight excluding hydrogens is 486 g/mol. The maximum absolute atomic E-state index is 11.4. The highest BCUT2D eigenvalue weighted by atomic mass is 79.9. The summed E-state index contributed by atoms with van der Waals surface area (Å²) in [6, 6.07) is 13.2. The lowest BCUT2D eigenvalue weighted by atomic mass is 10.0. The Balaban J connectivity index is 2.00. The minimum atomic E-state index is -0.897. The number of hydrogen-bond acceptors (Lipinski definition) is 4. The molecule has 4 rings (SSSR count). The predicted octanol–water partition coefficient (Wildman–Crippen LogP) is 6.46. The van der Waals surface area contributed by atoms with Gasteiger partial charge in [-0.15, -0.1) is 0 Å². The standard InChI is InChI=1S/C26H26BrNO5/c1-3-11-32-24-17-7-5-6-8-18(17)25(33-12-4-2)23-19(24)15-28(26(23)31)21-10-9-16(13-20(21)27)14-22(29)30/h5-10,13,15,31H,3-4,11-12,14H2,1-2H3,(H,29,30). The molecule has 33 heavy (non-hydrogen) atoms. The van der Waals surface area contributed by atoms with Crippen molar-refractivity contribution in [2.45, 2.75) is 33.1 Å². The first-order chi connectivity index (χ1) is 16.0. The zero-order valence-electron chi connectivity index (χ0n) is 18.6. The number of aromatic nitrogens is 1. The van der Waals surface area contributed by atoms with Gasteiger partial charge >= 0.3 is 5.97 Å². The highest BCUT2D eigenvalue weighted by Gasteiger charge is 2.23. The SMILES string of the molecule is CCCOc1c2ccccc2c(OCCC)c2c(O)n(-c3ccc(CC(=O)O)cc3Br)cc12. The number of fused-ring (bicyclic) bond motifs is 2. The molecule has 1 aromatic heterocycles. The Morgan fingerprint density at radius 1 is 0.970 bits per heavy atom. The van der Waals surface area contributed by atoms with Crippen LogP contribution in [-0.2, 0) is 11.2 Å². The first-order valence-electron chi connectivity index (χ1n) is 11.0. The number of ether oxygens (including phenoxy) is 2. The Morgan fingerprint density at radius 2 is 1.61 bits per heavy atom. The largest absolute Gasteiger partial charge is 0.494 e.